The third-order valence-electron chi connectivity index (χ3n) is 6.76. The number of rotatable bonds is 5. The van der Waals surface area contributed by atoms with E-state index in [1.54, 1.807) is 6.20 Å². The van der Waals surface area contributed by atoms with E-state index < -0.39 is 0 Å². The Hall–Kier alpha value is -4.03. The Kier molecular flexibility index (Phi) is 4.89. The highest BCUT2D eigenvalue weighted by Gasteiger charge is 2.34. The molecule has 0 radical (unpaired) electrons. The molecule has 5 aromatic rings. The van der Waals surface area contributed by atoms with Gasteiger partial charge in [0.15, 0.2) is 5.82 Å². The quantitative estimate of drug-likeness (QED) is 0.304. The number of aromatic amines is 1. The van der Waals surface area contributed by atoms with Crippen LogP contribution in [0.5, 0.6) is 0 Å². The van der Waals surface area contributed by atoms with Crippen molar-refractivity contribution in [3.63, 3.8) is 0 Å². The number of fused-ring (bicyclic) bond motifs is 1. The van der Waals surface area contributed by atoms with Crippen molar-refractivity contribution >= 4 is 22.5 Å². The van der Waals surface area contributed by atoms with Crippen LogP contribution in [0.3, 0.4) is 0 Å². The maximum atomic E-state index is 6.55. The maximum absolute atomic E-state index is 6.55. The molecule has 0 bridgehead atoms. The van der Waals surface area contributed by atoms with Gasteiger partial charge in [0.2, 0.25) is 0 Å². The summed E-state index contributed by atoms with van der Waals surface area (Å²) in [6.45, 7) is 1.97. The molecule has 34 heavy (non-hydrogen) atoms. The molecule has 3 heterocycles. The topological polar surface area (TPSA) is 92.5 Å². The molecule has 0 amide bonds. The zero-order chi connectivity index (χ0) is 23.1. The van der Waals surface area contributed by atoms with E-state index in [0.29, 0.717) is 0 Å². The van der Waals surface area contributed by atoms with E-state index in [1.165, 1.54) is 12.0 Å². The predicted molar refractivity (Wildman–Crippen MR) is 137 cm³/mol. The molecule has 0 spiro atoms. The van der Waals surface area contributed by atoms with E-state index in [1.807, 2.05) is 25.1 Å². The van der Waals surface area contributed by atoms with E-state index in [9.17, 15) is 0 Å². The second-order valence-corrected chi connectivity index (χ2v) is 9.13. The Labute approximate surface area is 198 Å². The zero-order valence-corrected chi connectivity index (χ0v) is 19.0. The number of pyridine rings is 2. The lowest BCUT2D eigenvalue weighted by Gasteiger charge is -2.38. The smallest absolute Gasteiger partial charge is 0.153 e. The number of hydrogen-bond donors (Lipinski definition) is 3. The zero-order valence-electron chi connectivity index (χ0n) is 19.0. The first-order chi connectivity index (χ1) is 16.6. The second-order valence-electron chi connectivity index (χ2n) is 9.13. The number of benzene rings is 2. The van der Waals surface area contributed by atoms with Crippen LogP contribution in [0.2, 0.25) is 0 Å². The van der Waals surface area contributed by atoms with Crippen molar-refractivity contribution in [2.45, 2.75) is 31.7 Å². The molecule has 6 rings (SSSR count). The Morgan fingerprint density at radius 2 is 1.74 bits per heavy atom. The SMILES string of the molecule is Cc1cc(Nc2nccc3nc(-c4ccc(C5(N)CCC5)cc4)c(-c4ccccc4)cc23)n[nH]1. The maximum Gasteiger partial charge on any atom is 0.153 e. The van der Waals surface area contributed by atoms with E-state index >= 15 is 0 Å². The molecule has 1 aliphatic carbocycles. The van der Waals surface area contributed by atoms with Crippen LogP contribution in [0.25, 0.3) is 33.3 Å². The summed E-state index contributed by atoms with van der Waals surface area (Å²) in [5.74, 6) is 1.45. The summed E-state index contributed by atoms with van der Waals surface area (Å²) in [7, 11) is 0. The van der Waals surface area contributed by atoms with Gasteiger partial charge in [0, 0.05) is 40.0 Å². The van der Waals surface area contributed by atoms with Gasteiger partial charge in [-0.3, -0.25) is 5.10 Å². The molecule has 168 valence electrons. The number of nitrogens with one attached hydrogen (secondary N) is 2. The van der Waals surface area contributed by atoms with Gasteiger partial charge < -0.3 is 11.1 Å². The summed E-state index contributed by atoms with van der Waals surface area (Å²) in [4.78, 5) is 9.70. The summed E-state index contributed by atoms with van der Waals surface area (Å²) in [6.07, 6.45) is 5.08. The van der Waals surface area contributed by atoms with Gasteiger partial charge in [0.25, 0.3) is 0 Å². The molecule has 0 saturated heterocycles. The van der Waals surface area contributed by atoms with Crippen LogP contribution in [0.1, 0.15) is 30.5 Å². The Morgan fingerprint density at radius 3 is 2.41 bits per heavy atom. The Balaban J connectivity index is 1.49. The third kappa shape index (κ3) is 3.62. The Bertz CT molecular complexity index is 1470. The van der Waals surface area contributed by atoms with Crippen LogP contribution >= 0.6 is 0 Å². The number of H-pyrrole nitrogens is 1. The van der Waals surface area contributed by atoms with E-state index in [2.05, 4.69) is 75.1 Å². The van der Waals surface area contributed by atoms with Crippen LogP contribution in [-0.2, 0) is 5.54 Å². The highest BCUT2D eigenvalue weighted by molar-refractivity contribution is 5.97. The van der Waals surface area contributed by atoms with Crippen molar-refractivity contribution in [2.75, 3.05) is 5.32 Å². The number of nitrogens with two attached hydrogens (primary N) is 1. The second kappa shape index (κ2) is 8.08. The first-order valence-electron chi connectivity index (χ1n) is 11.6. The van der Waals surface area contributed by atoms with Gasteiger partial charge in [-0.2, -0.15) is 5.10 Å². The lowest BCUT2D eigenvalue weighted by atomic mass is 9.72. The number of anilines is 2. The van der Waals surface area contributed by atoms with Gasteiger partial charge in [-0.05, 0) is 49.4 Å². The fraction of sp³-hybridized carbons (Fsp3) is 0.179. The van der Waals surface area contributed by atoms with E-state index in [-0.39, 0.29) is 5.54 Å². The Morgan fingerprint density at radius 1 is 0.941 bits per heavy atom. The van der Waals surface area contributed by atoms with Gasteiger partial charge in [0.05, 0.1) is 11.2 Å². The fourth-order valence-corrected chi connectivity index (χ4v) is 4.66. The molecule has 1 fully saturated rings. The third-order valence-corrected chi connectivity index (χ3v) is 6.76. The monoisotopic (exact) mass is 446 g/mol. The molecule has 6 heteroatoms. The average Bonchev–Trinajstić information content (AvgIpc) is 3.27. The first-order valence-corrected chi connectivity index (χ1v) is 11.6. The lowest BCUT2D eigenvalue weighted by Crippen LogP contribution is -2.43. The van der Waals surface area contributed by atoms with Gasteiger partial charge in [-0.25, -0.2) is 9.97 Å². The number of aryl methyl sites for hydroxylation is 1. The number of nitrogens with zero attached hydrogens (tertiary/aromatic N) is 3. The first kappa shape index (κ1) is 20.6. The summed E-state index contributed by atoms with van der Waals surface area (Å²) < 4.78 is 0. The van der Waals surface area contributed by atoms with Crippen molar-refractivity contribution in [1.29, 1.82) is 0 Å². The molecule has 1 saturated carbocycles. The van der Waals surface area contributed by atoms with Gasteiger partial charge in [-0.1, -0.05) is 54.6 Å². The molecular formula is C28H26N6. The van der Waals surface area contributed by atoms with Crippen molar-refractivity contribution in [3.05, 3.63) is 90.3 Å². The molecule has 0 unspecified atom stereocenters. The highest BCUT2D eigenvalue weighted by Crippen LogP contribution is 2.40. The predicted octanol–water partition coefficient (Wildman–Crippen LogP) is 6.08. The minimum Gasteiger partial charge on any atom is -0.323 e. The molecule has 6 nitrogen and oxygen atoms in total. The minimum absolute atomic E-state index is 0.172. The summed E-state index contributed by atoms with van der Waals surface area (Å²) in [6, 6.07) is 25.1. The highest BCUT2D eigenvalue weighted by atomic mass is 15.2. The fourth-order valence-electron chi connectivity index (χ4n) is 4.66. The standard InChI is InChI=1S/C28H26N6/c1-18-16-25(34-33-18)32-27-23-17-22(19-6-3-2-4-7-19)26(31-24(23)12-15-30-27)20-8-10-21(11-9-20)28(29)13-5-14-28/h2-4,6-12,15-17H,5,13-14,29H2,1H3,(H2,30,32,33,34). The average molecular weight is 447 g/mol. The molecule has 0 aliphatic heterocycles. The molecule has 2 aromatic carbocycles. The van der Waals surface area contributed by atoms with Crippen LogP contribution < -0.4 is 11.1 Å². The van der Waals surface area contributed by atoms with Crippen LogP contribution in [0, 0.1) is 6.92 Å². The molecule has 3 aromatic heterocycles. The molecule has 4 N–H and O–H groups in total. The van der Waals surface area contributed by atoms with E-state index in [4.69, 9.17) is 10.7 Å². The number of hydrogen-bond acceptors (Lipinski definition) is 5. The van der Waals surface area contributed by atoms with Crippen molar-refractivity contribution in [3.8, 4) is 22.4 Å². The van der Waals surface area contributed by atoms with Gasteiger partial charge >= 0.3 is 0 Å². The van der Waals surface area contributed by atoms with E-state index in [0.717, 1.165) is 63.5 Å². The van der Waals surface area contributed by atoms with Crippen LogP contribution in [-0.4, -0.2) is 20.2 Å². The summed E-state index contributed by atoms with van der Waals surface area (Å²) in [5.41, 5.74) is 13.6. The van der Waals surface area contributed by atoms with Crippen molar-refractivity contribution < 1.29 is 0 Å². The lowest BCUT2D eigenvalue weighted by molar-refractivity contribution is 0.253. The van der Waals surface area contributed by atoms with Gasteiger partial charge in [0.1, 0.15) is 5.82 Å². The number of aromatic nitrogens is 4. The normalized spacial score (nSPS) is 14.6. The molecule has 0 atom stereocenters. The largest absolute Gasteiger partial charge is 0.323 e. The minimum atomic E-state index is -0.172. The molecule has 1 aliphatic rings. The van der Waals surface area contributed by atoms with Crippen LogP contribution in [0.15, 0.2) is 79.0 Å². The summed E-state index contributed by atoms with van der Waals surface area (Å²) in [5, 5.41) is 11.5. The summed E-state index contributed by atoms with van der Waals surface area (Å²) >= 11 is 0. The van der Waals surface area contributed by atoms with Crippen molar-refractivity contribution in [1.82, 2.24) is 20.2 Å². The molecular weight excluding hydrogens is 420 g/mol. The van der Waals surface area contributed by atoms with Gasteiger partial charge in [-0.15, -0.1) is 0 Å². The van der Waals surface area contributed by atoms with Crippen LogP contribution in [0.4, 0.5) is 11.6 Å². The van der Waals surface area contributed by atoms with Crippen molar-refractivity contribution in [2.24, 2.45) is 5.73 Å².